The zero-order chi connectivity index (χ0) is 12.3. The van der Waals surface area contributed by atoms with Crippen LogP contribution in [0.2, 0.25) is 0 Å². The molecule has 4 heteroatoms. The van der Waals surface area contributed by atoms with Gasteiger partial charge in [-0.15, -0.1) is 0 Å². The van der Waals surface area contributed by atoms with Gasteiger partial charge in [0.1, 0.15) is 6.61 Å². The predicted molar refractivity (Wildman–Crippen MR) is 63.6 cm³/mol. The second kappa shape index (κ2) is 5.65. The summed E-state index contributed by atoms with van der Waals surface area (Å²) in [6, 6.07) is 0. The van der Waals surface area contributed by atoms with Crippen molar-refractivity contribution in [1.82, 2.24) is 0 Å². The summed E-state index contributed by atoms with van der Waals surface area (Å²) in [5, 5.41) is 0. The molecule has 1 saturated heterocycles. The number of hydrogen-bond donors (Lipinski definition) is 0. The molecule has 4 nitrogen and oxygen atoms in total. The molecule has 2 aliphatic rings. The van der Waals surface area contributed by atoms with Crippen LogP contribution in [0.5, 0.6) is 0 Å². The number of ether oxygens (including phenoxy) is 2. The Labute approximate surface area is 103 Å². The van der Waals surface area contributed by atoms with Crippen molar-refractivity contribution >= 4 is 0 Å². The monoisotopic (exact) mass is 244 g/mol. The van der Waals surface area contributed by atoms with Crippen LogP contribution in [0.15, 0.2) is 0 Å². The van der Waals surface area contributed by atoms with Crippen LogP contribution < -0.4 is 0 Å². The third-order valence-electron chi connectivity index (χ3n) is 3.09. The molecule has 100 valence electrons. The fourth-order valence-corrected chi connectivity index (χ4v) is 2.20. The van der Waals surface area contributed by atoms with E-state index in [1.807, 2.05) is 20.8 Å². The lowest BCUT2D eigenvalue weighted by molar-refractivity contribution is -0.351. The molecule has 1 heterocycles. The van der Waals surface area contributed by atoms with Crippen LogP contribution in [-0.4, -0.2) is 37.6 Å². The Morgan fingerprint density at radius 1 is 1.12 bits per heavy atom. The van der Waals surface area contributed by atoms with Crippen LogP contribution in [0.25, 0.3) is 0 Å². The Balaban J connectivity index is 1.43. The molecule has 0 bridgehead atoms. The molecule has 0 aromatic rings. The quantitative estimate of drug-likeness (QED) is 0.311. The summed E-state index contributed by atoms with van der Waals surface area (Å²) in [6.07, 6.45) is 4.74. The third-order valence-corrected chi connectivity index (χ3v) is 3.09. The van der Waals surface area contributed by atoms with Gasteiger partial charge in [0.05, 0.1) is 24.4 Å². The maximum Gasteiger partial charge on any atom is 0.106 e. The fourth-order valence-electron chi connectivity index (χ4n) is 2.20. The lowest BCUT2D eigenvalue weighted by atomic mass is 9.90. The number of epoxide rings is 1. The highest BCUT2D eigenvalue weighted by molar-refractivity contribution is 4.91. The first-order chi connectivity index (χ1) is 8.04. The molecular formula is C13H24O4. The van der Waals surface area contributed by atoms with Gasteiger partial charge in [0.2, 0.25) is 0 Å². The minimum absolute atomic E-state index is 0.248. The maximum absolute atomic E-state index is 5.59. The van der Waals surface area contributed by atoms with Crippen molar-refractivity contribution in [1.29, 1.82) is 0 Å². The Kier molecular flexibility index (Phi) is 4.42. The average Bonchev–Trinajstić information content (AvgIpc) is 2.99. The van der Waals surface area contributed by atoms with E-state index in [4.69, 9.17) is 19.2 Å². The molecule has 3 unspecified atom stereocenters. The summed E-state index contributed by atoms with van der Waals surface area (Å²) in [5.74, 6) is 0.669. The average molecular weight is 244 g/mol. The van der Waals surface area contributed by atoms with Crippen molar-refractivity contribution in [2.45, 2.75) is 57.8 Å². The molecule has 0 amide bonds. The lowest BCUT2D eigenvalue weighted by Crippen LogP contribution is -2.22. The summed E-state index contributed by atoms with van der Waals surface area (Å²) in [7, 11) is 0. The topological polar surface area (TPSA) is 40.2 Å². The lowest BCUT2D eigenvalue weighted by Gasteiger charge is -2.19. The third kappa shape index (κ3) is 4.92. The molecule has 2 rings (SSSR count). The van der Waals surface area contributed by atoms with Crippen LogP contribution in [-0.2, 0) is 19.2 Å². The second-order valence-electron chi connectivity index (χ2n) is 5.98. The molecule has 0 spiro atoms. The van der Waals surface area contributed by atoms with Crippen molar-refractivity contribution in [2.24, 2.45) is 5.92 Å². The van der Waals surface area contributed by atoms with E-state index in [0.717, 1.165) is 6.61 Å². The van der Waals surface area contributed by atoms with E-state index in [1.165, 1.54) is 19.3 Å². The van der Waals surface area contributed by atoms with E-state index in [-0.39, 0.29) is 5.60 Å². The molecule has 0 aromatic heterocycles. The van der Waals surface area contributed by atoms with E-state index in [0.29, 0.717) is 31.3 Å². The summed E-state index contributed by atoms with van der Waals surface area (Å²) in [6.45, 7) is 7.80. The highest BCUT2D eigenvalue weighted by atomic mass is 17.2. The standard InChI is InChI=1S/C13H24O4/c1-13(2,3)17-15-7-6-14-9-10-4-5-11-12(8-10)16-11/h10-12H,4-9H2,1-3H3. The molecule has 0 radical (unpaired) electrons. The number of fused-ring (bicyclic) bond motifs is 1. The minimum atomic E-state index is -0.248. The van der Waals surface area contributed by atoms with Crippen molar-refractivity contribution in [3.63, 3.8) is 0 Å². The maximum atomic E-state index is 5.59. The van der Waals surface area contributed by atoms with E-state index in [9.17, 15) is 0 Å². The van der Waals surface area contributed by atoms with Gasteiger partial charge in [-0.2, -0.15) is 0 Å². The van der Waals surface area contributed by atoms with Crippen LogP contribution >= 0.6 is 0 Å². The summed E-state index contributed by atoms with van der Waals surface area (Å²) < 4.78 is 11.1. The van der Waals surface area contributed by atoms with Crippen LogP contribution in [0.3, 0.4) is 0 Å². The molecule has 0 N–H and O–H groups in total. The smallest absolute Gasteiger partial charge is 0.106 e. The van der Waals surface area contributed by atoms with Gasteiger partial charge >= 0.3 is 0 Å². The first-order valence-corrected chi connectivity index (χ1v) is 6.58. The van der Waals surface area contributed by atoms with Gasteiger partial charge in [0, 0.05) is 6.61 Å². The zero-order valence-corrected chi connectivity index (χ0v) is 11.1. The molecule has 0 aromatic carbocycles. The van der Waals surface area contributed by atoms with E-state index in [2.05, 4.69) is 0 Å². The van der Waals surface area contributed by atoms with Gasteiger partial charge in [-0.3, -0.25) is 0 Å². The Hall–Kier alpha value is -0.160. The first-order valence-electron chi connectivity index (χ1n) is 6.58. The molecule has 2 fully saturated rings. The number of hydrogen-bond acceptors (Lipinski definition) is 4. The highest BCUT2D eigenvalue weighted by Crippen LogP contribution is 2.39. The molecule has 17 heavy (non-hydrogen) atoms. The summed E-state index contributed by atoms with van der Waals surface area (Å²) in [5.41, 5.74) is -0.248. The van der Waals surface area contributed by atoms with Gasteiger partial charge in [-0.05, 0) is 46.0 Å². The van der Waals surface area contributed by atoms with Crippen LogP contribution in [0.1, 0.15) is 40.0 Å². The van der Waals surface area contributed by atoms with Crippen LogP contribution in [0.4, 0.5) is 0 Å². The van der Waals surface area contributed by atoms with Crippen molar-refractivity contribution < 1.29 is 19.2 Å². The first kappa shape index (κ1) is 13.3. The van der Waals surface area contributed by atoms with Crippen molar-refractivity contribution in [3.05, 3.63) is 0 Å². The zero-order valence-electron chi connectivity index (χ0n) is 11.1. The fraction of sp³-hybridized carbons (Fsp3) is 1.00. The molecule has 3 atom stereocenters. The van der Waals surface area contributed by atoms with Crippen LogP contribution in [0, 0.1) is 5.92 Å². The Morgan fingerprint density at radius 2 is 1.94 bits per heavy atom. The Morgan fingerprint density at radius 3 is 2.65 bits per heavy atom. The van der Waals surface area contributed by atoms with Gasteiger partial charge in [-0.1, -0.05) is 0 Å². The molecule has 1 saturated carbocycles. The SMILES string of the molecule is CC(C)(C)OOCCOCC1CCC2OC2C1. The molecule has 1 aliphatic heterocycles. The highest BCUT2D eigenvalue weighted by Gasteiger charge is 2.43. The number of rotatable bonds is 6. The largest absolute Gasteiger partial charge is 0.379 e. The van der Waals surface area contributed by atoms with Crippen molar-refractivity contribution in [2.75, 3.05) is 19.8 Å². The van der Waals surface area contributed by atoms with E-state index >= 15 is 0 Å². The molecular weight excluding hydrogens is 220 g/mol. The predicted octanol–water partition coefficient (Wildman–Crippen LogP) is 2.32. The van der Waals surface area contributed by atoms with E-state index < -0.39 is 0 Å². The molecule has 1 aliphatic carbocycles. The normalized spacial score (nSPS) is 32.3. The summed E-state index contributed by atoms with van der Waals surface area (Å²) >= 11 is 0. The summed E-state index contributed by atoms with van der Waals surface area (Å²) in [4.78, 5) is 10.2. The van der Waals surface area contributed by atoms with Crippen molar-refractivity contribution in [3.8, 4) is 0 Å². The van der Waals surface area contributed by atoms with Gasteiger partial charge in [0.25, 0.3) is 0 Å². The second-order valence-corrected chi connectivity index (χ2v) is 5.98. The minimum Gasteiger partial charge on any atom is -0.379 e. The Bertz CT molecular complexity index is 236. The van der Waals surface area contributed by atoms with Gasteiger partial charge in [-0.25, -0.2) is 9.78 Å². The van der Waals surface area contributed by atoms with Gasteiger partial charge in [0.15, 0.2) is 0 Å². The van der Waals surface area contributed by atoms with E-state index in [1.54, 1.807) is 0 Å². The van der Waals surface area contributed by atoms with Gasteiger partial charge < -0.3 is 9.47 Å².